The van der Waals surface area contributed by atoms with Crippen LogP contribution >= 0.6 is 15.9 Å². The number of nitrogens with one attached hydrogen (secondary N) is 1. The first kappa shape index (κ1) is 12.0. The number of halogens is 2. The van der Waals surface area contributed by atoms with E-state index in [4.69, 9.17) is 0 Å². The maximum Gasteiger partial charge on any atom is 0.137 e. The minimum Gasteiger partial charge on any atom is -0.314 e. The molecule has 0 amide bonds. The number of hydrogen-bond donors (Lipinski definition) is 1. The minimum atomic E-state index is -0.179. The summed E-state index contributed by atoms with van der Waals surface area (Å²) in [6.45, 7) is 7.09. The molecule has 2 rings (SSSR count). The first-order chi connectivity index (χ1) is 7.66. The minimum absolute atomic E-state index is 0.179. The molecule has 1 aromatic rings. The Morgan fingerprint density at radius 1 is 1.38 bits per heavy atom. The van der Waals surface area contributed by atoms with E-state index in [1.54, 1.807) is 6.07 Å². The number of nitrogens with zero attached hydrogens (tertiary/aromatic N) is 1. The van der Waals surface area contributed by atoms with Crippen LogP contribution in [0.5, 0.6) is 0 Å². The van der Waals surface area contributed by atoms with Crippen molar-refractivity contribution in [2.45, 2.75) is 13.5 Å². The van der Waals surface area contributed by atoms with Crippen LogP contribution < -0.4 is 5.32 Å². The molecule has 1 aromatic carbocycles. The van der Waals surface area contributed by atoms with Crippen molar-refractivity contribution < 1.29 is 4.39 Å². The number of benzene rings is 1. The maximum absolute atomic E-state index is 13.3. The standard InChI is InChI=1S/C12H16BrFN2/c1-9-6-12(14)11(13)7-10(9)8-16-4-2-15-3-5-16/h6-7,15H,2-5,8H2,1H3. The number of aryl methyl sites for hydroxylation is 1. The lowest BCUT2D eigenvalue weighted by molar-refractivity contribution is 0.232. The van der Waals surface area contributed by atoms with Gasteiger partial charge in [-0.25, -0.2) is 4.39 Å². The Morgan fingerprint density at radius 3 is 2.75 bits per heavy atom. The van der Waals surface area contributed by atoms with Crippen molar-refractivity contribution in [1.29, 1.82) is 0 Å². The molecule has 1 saturated heterocycles. The van der Waals surface area contributed by atoms with Crippen LogP contribution in [0.25, 0.3) is 0 Å². The highest BCUT2D eigenvalue weighted by Gasteiger charge is 2.12. The average Bonchev–Trinajstić information content (AvgIpc) is 2.27. The van der Waals surface area contributed by atoms with Crippen LogP contribution in [0.1, 0.15) is 11.1 Å². The lowest BCUT2D eigenvalue weighted by Gasteiger charge is -2.27. The Bertz CT molecular complexity index is 376. The van der Waals surface area contributed by atoms with Gasteiger partial charge in [0, 0.05) is 32.7 Å². The smallest absolute Gasteiger partial charge is 0.137 e. The van der Waals surface area contributed by atoms with E-state index >= 15 is 0 Å². The highest BCUT2D eigenvalue weighted by Crippen LogP contribution is 2.21. The van der Waals surface area contributed by atoms with Crippen LogP contribution in [-0.2, 0) is 6.54 Å². The summed E-state index contributed by atoms with van der Waals surface area (Å²) < 4.78 is 13.8. The lowest BCUT2D eigenvalue weighted by atomic mass is 10.1. The summed E-state index contributed by atoms with van der Waals surface area (Å²) >= 11 is 3.24. The van der Waals surface area contributed by atoms with Crippen LogP contribution in [0.3, 0.4) is 0 Å². The van der Waals surface area contributed by atoms with Gasteiger partial charge in [-0.05, 0) is 46.1 Å². The summed E-state index contributed by atoms with van der Waals surface area (Å²) in [4.78, 5) is 2.39. The Hall–Kier alpha value is -0.450. The average molecular weight is 287 g/mol. The van der Waals surface area contributed by atoms with Crippen LogP contribution in [0, 0.1) is 12.7 Å². The van der Waals surface area contributed by atoms with E-state index in [0.29, 0.717) is 4.47 Å². The SMILES string of the molecule is Cc1cc(F)c(Br)cc1CN1CCNCC1. The van der Waals surface area contributed by atoms with Gasteiger partial charge in [-0.3, -0.25) is 4.90 Å². The third-order valence-corrected chi connectivity index (χ3v) is 3.59. The summed E-state index contributed by atoms with van der Waals surface area (Å²) in [6.07, 6.45) is 0. The van der Waals surface area contributed by atoms with Crippen molar-refractivity contribution >= 4 is 15.9 Å². The molecule has 88 valence electrons. The molecule has 0 bridgehead atoms. The molecule has 1 N–H and O–H groups in total. The van der Waals surface area contributed by atoms with E-state index in [0.717, 1.165) is 38.3 Å². The molecule has 0 atom stereocenters. The van der Waals surface area contributed by atoms with Crippen LogP contribution in [0.15, 0.2) is 16.6 Å². The third kappa shape index (κ3) is 2.81. The maximum atomic E-state index is 13.3. The van der Waals surface area contributed by atoms with Crippen molar-refractivity contribution in [2.24, 2.45) is 0 Å². The molecule has 0 saturated carbocycles. The largest absolute Gasteiger partial charge is 0.314 e. The quantitative estimate of drug-likeness (QED) is 0.898. The van der Waals surface area contributed by atoms with Crippen LogP contribution in [-0.4, -0.2) is 31.1 Å². The van der Waals surface area contributed by atoms with Gasteiger partial charge in [-0.2, -0.15) is 0 Å². The lowest BCUT2D eigenvalue weighted by Crippen LogP contribution is -2.43. The Morgan fingerprint density at radius 2 is 2.06 bits per heavy atom. The fraction of sp³-hybridized carbons (Fsp3) is 0.500. The first-order valence-electron chi connectivity index (χ1n) is 5.54. The number of hydrogen-bond acceptors (Lipinski definition) is 2. The fourth-order valence-corrected chi connectivity index (χ4v) is 2.36. The first-order valence-corrected chi connectivity index (χ1v) is 6.34. The molecule has 4 heteroatoms. The highest BCUT2D eigenvalue weighted by atomic mass is 79.9. The Labute approximate surface area is 104 Å². The molecule has 0 radical (unpaired) electrons. The molecule has 1 aliphatic heterocycles. The van der Waals surface area contributed by atoms with Gasteiger partial charge in [0.1, 0.15) is 5.82 Å². The van der Waals surface area contributed by atoms with Crippen molar-refractivity contribution in [1.82, 2.24) is 10.2 Å². The molecule has 0 unspecified atom stereocenters. The van der Waals surface area contributed by atoms with Gasteiger partial charge in [-0.1, -0.05) is 0 Å². The fourth-order valence-electron chi connectivity index (χ4n) is 1.97. The second-order valence-electron chi connectivity index (χ2n) is 4.22. The van der Waals surface area contributed by atoms with Gasteiger partial charge in [0.25, 0.3) is 0 Å². The topological polar surface area (TPSA) is 15.3 Å². The summed E-state index contributed by atoms with van der Waals surface area (Å²) in [6, 6.07) is 3.49. The zero-order valence-electron chi connectivity index (χ0n) is 9.39. The molecule has 16 heavy (non-hydrogen) atoms. The van der Waals surface area contributed by atoms with Gasteiger partial charge in [0.15, 0.2) is 0 Å². The van der Waals surface area contributed by atoms with Crippen LogP contribution in [0.4, 0.5) is 4.39 Å². The molecular weight excluding hydrogens is 271 g/mol. The molecule has 1 heterocycles. The summed E-state index contributed by atoms with van der Waals surface area (Å²) in [5.41, 5.74) is 2.23. The number of rotatable bonds is 2. The molecule has 2 nitrogen and oxygen atoms in total. The van der Waals surface area contributed by atoms with Gasteiger partial charge in [0.05, 0.1) is 4.47 Å². The van der Waals surface area contributed by atoms with Gasteiger partial charge in [0.2, 0.25) is 0 Å². The van der Waals surface area contributed by atoms with E-state index in [9.17, 15) is 4.39 Å². The molecule has 0 aromatic heterocycles. The van der Waals surface area contributed by atoms with Crippen molar-refractivity contribution in [3.63, 3.8) is 0 Å². The normalized spacial score (nSPS) is 17.7. The zero-order chi connectivity index (χ0) is 11.5. The van der Waals surface area contributed by atoms with Crippen LogP contribution in [0.2, 0.25) is 0 Å². The molecule has 1 fully saturated rings. The summed E-state index contributed by atoms with van der Waals surface area (Å²) in [5, 5.41) is 3.32. The second kappa shape index (κ2) is 5.25. The summed E-state index contributed by atoms with van der Waals surface area (Å²) in [5.74, 6) is -0.179. The third-order valence-electron chi connectivity index (χ3n) is 2.98. The predicted molar refractivity (Wildman–Crippen MR) is 67.0 cm³/mol. The molecule has 0 spiro atoms. The highest BCUT2D eigenvalue weighted by molar-refractivity contribution is 9.10. The van der Waals surface area contributed by atoms with Gasteiger partial charge >= 0.3 is 0 Å². The van der Waals surface area contributed by atoms with Crippen molar-refractivity contribution in [3.05, 3.63) is 33.5 Å². The van der Waals surface area contributed by atoms with E-state index in [1.165, 1.54) is 5.56 Å². The number of piperazine rings is 1. The van der Waals surface area contributed by atoms with E-state index < -0.39 is 0 Å². The Kier molecular flexibility index (Phi) is 3.95. The zero-order valence-corrected chi connectivity index (χ0v) is 11.0. The molecule has 1 aliphatic rings. The van der Waals surface area contributed by atoms with E-state index in [2.05, 4.69) is 26.1 Å². The predicted octanol–water partition coefficient (Wildman–Crippen LogP) is 2.30. The van der Waals surface area contributed by atoms with Gasteiger partial charge < -0.3 is 5.32 Å². The molecule has 0 aliphatic carbocycles. The van der Waals surface area contributed by atoms with Crippen molar-refractivity contribution in [3.8, 4) is 0 Å². The monoisotopic (exact) mass is 286 g/mol. The molecular formula is C12H16BrFN2. The second-order valence-corrected chi connectivity index (χ2v) is 5.07. The van der Waals surface area contributed by atoms with Gasteiger partial charge in [-0.15, -0.1) is 0 Å². The van der Waals surface area contributed by atoms with Crippen molar-refractivity contribution in [2.75, 3.05) is 26.2 Å². The summed E-state index contributed by atoms with van der Waals surface area (Å²) in [7, 11) is 0. The van der Waals surface area contributed by atoms with E-state index in [1.807, 2.05) is 13.0 Å². The Balaban J connectivity index is 2.11. The van der Waals surface area contributed by atoms with E-state index in [-0.39, 0.29) is 5.82 Å².